The van der Waals surface area contributed by atoms with Gasteiger partial charge in [0.25, 0.3) is 0 Å². The molecule has 2 aromatic heterocycles. The van der Waals surface area contributed by atoms with Gasteiger partial charge in [0.2, 0.25) is 5.91 Å². The Labute approximate surface area is 195 Å². The van der Waals surface area contributed by atoms with Crippen molar-refractivity contribution >= 4 is 17.7 Å². The normalized spacial score (nSPS) is 14.2. The van der Waals surface area contributed by atoms with Gasteiger partial charge in [-0.05, 0) is 42.7 Å². The van der Waals surface area contributed by atoms with E-state index in [-0.39, 0.29) is 41.6 Å². The summed E-state index contributed by atoms with van der Waals surface area (Å²) < 4.78 is 23.1. The number of carbonyl (C=O) groups excluding carboxylic acids is 1. The maximum atomic E-state index is 14.8. The summed E-state index contributed by atoms with van der Waals surface area (Å²) in [6, 6.07) is 7.05. The van der Waals surface area contributed by atoms with E-state index in [1.807, 2.05) is 13.8 Å². The Kier molecular flexibility index (Phi) is 6.58. The molecule has 0 saturated heterocycles. The second kappa shape index (κ2) is 9.58. The third-order valence-corrected chi connectivity index (χ3v) is 5.56. The molecule has 1 aromatic carbocycles. The molecule has 1 atom stereocenters. The fourth-order valence-electron chi connectivity index (χ4n) is 3.85. The smallest absolute Gasteiger partial charge is 0.325 e. The molecule has 0 spiro atoms. The Morgan fingerprint density at radius 3 is 2.74 bits per heavy atom. The van der Waals surface area contributed by atoms with Crippen molar-refractivity contribution in [2.24, 2.45) is 5.92 Å². The molecule has 0 radical (unpaired) electrons. The summed E-state index contributed by atoms with van der Waals surface area (Å²) >= 11 is 0. The molecule has 1 aliphatic rings. The predicted octanol–water partition coefficient (Wildman–Crippen LogP) is 4.51. The third-order valence-electron chi connectivity index (χ3n) is 5.56. The molecular formula is C24H27FN4O5. The number of rotatable bonds is 10. The van der Waals surface area contributed by atoms with Gasteiger partial charge in [-0.3, -0.25) is 14.3 Å². The van der Waals surface area contributed by atoms with Gasteiger partial charge in [0, 0.05) is 18.3 Å². The van der Waals surface area contributed by atoms with Crippen molar-refractivity contribution in [1.82, 2.24) is 14.3 Å². The Hall–Kier alpha value is -3.82. The van der Waals surface area contributed by atoms with E-state index in [0.717, 1.165) is 12.8 Å². The molecule has 0 aliphatic heterocycles. The molecule has 0 unspecified atom stereocenters. The van der Waals surface area contributed by atoms with Crippen molar-refractivity contribution in [2.75, 3.05) is 5.32 Å². The lowest BCUT2D eigenvalue weighted by Crippen LogP contribution is -2.27. The Morgan fingerprint density at radius 1 is 1.29 bits per heavy atom. The van der Waals surface area contributed by atoms with Gasteiger partial charge >= 0.3 is 5.97 Å². The zero-order chi connectivity index (χ0) is 24.4. The van der Waals surface area contributed by atoms with E-state index >= 15 is 0 Å². The Morgan fingerprint density at radius 2 is 2.06 bits per heavy atom. The molecule has 1 saturated carbocycles. The average Bonchev–Trinajstić information content (AvgIpc) is 3.41. The molecule has 180 valence electrons. The number of benzene rings is 1. The van der Waals surface area contributed by atoms with E-state index in [1.165, 1.54) is 39.8 Å². The van der Waals surface area contributed by atoms with Crippen LogP contribution < -0.4 is 10.1 Å². The first kappa shape index (κ1) is 23.3. The van der Waals surface area contributed by atoms with Crippen LogP contribution in [0.3, 0.4) is 0 Å². The molecule has 1 amide bonds. The maximum Gasteiger partial charge on any atom is 0.325 e. The minimum Gasteiger partial charge on any atom is -0.494 e. The molecule has 3 aromatic rings. The average molecular weight is 471 g/mol. The number of amides is 1. The van der Waals surface area contributed by atoms with Crippen molar-refractivity contribution in [1.29, 1.82) is 0 Å². The van der Waals surface area contributed by atoms with E-state index in [2.05, 4.69) is 10.4 Å². The van der Waals surface area contributed by atoms with Crippen LogP contribution in [-0.2, 0) is 16.1 Å². The molecule has 34 heavy (non-hydrogen) atoms. The van der Waals surface area contributed by atoms with Crippen LogP contribution in [0.4, 0.5) is 10.2 Å². The summed E-state index contributed by atoms with van der Waals surface area (Å²) in [5.74, 6) is -1.30. The molecule has 10 heteroatoms. The number of carbonyl (C=O) groups is 2. The fourth-order valence-corrected chi connectivity index (χ4v) is 3.85. The molecule has 2 heterocycles. The zero-order valence-corrected chi connectivity index (χ0v) is 18.9. The molecule has 1 fully saturated rings. The number of nitrogens with one attached hydrogen (secondary N) is 1. The predicted molar refractivity (Wildman–Crippen MR) is 122 cm³/mol. The summed E-state index contributed by atoms with van der Waals surface area (Å²) in [5.41, 5.74) is 0.626. The van der Waals surface area contributed by atoms with E-state index in [0.29, 0.717) is 12.0 Å². The van der Waals surface area contributed by atoms with E-state index in [1.54, 1.807) is 12.1 Å². The van der Waals surface area contributed by atoms with Crippen LogP contribution in [0.25, 0.3) is 0 Å². The zero-order valence-electron chi connectivity index (χ0n) is 18.9. The highest BCUT2D eigenvalue weighted by Gasteiger charge is 2.29. The molecule has 4 rings (SSSR count). The number of ether oxygens (including phenoxy) is 1. The minimum atomic E-state index is -1.05. The number of aromatic hydroxyl groups is 1. The van der Waals surface area contributed by atoms with Crippen LogP contribution in [0.1, 0.15) is 50.6 Å². The lowest BCUT2D eigenvalue weighted by Gasteiger charge is -2.20. The lowest BCUT2D eigenvalue weighted by molar-refractivity contribution is -0.137. The largest absolute Gasteiger partial charge is 0.494 e. The van der Waals surface area contributed by atoms with Gasteiger partial charge in [-0.1, -0.05) is 26.0 Å². The number of hydrogen-bond donors (Lipinski definition) is 3. The molecule has 9 nitrogen and oxygen atoms in total. The number of anilines is 1. The van der Waals surface area contributed by atoms with Crippen molar-refractivity contribution in [3.8, 4) is 17.4 Å². The molecule has 0 bridgehead atoms. The van der Waals surface area contributed by atoms with Crippen LogP contribution in [0.15, 0.2) is 42.7 Å². The quantitative estimate of drug-likeness (QED) is 0.401. The summed E-state index contributed by atoms with van der Waals surface area (Å²) in [5, 5.41) is 26.1. The lowest BCUT2D eigenvalue weighted by atomic mass is 10.0. The van der Waals surface area contributed by atoms with Gasteiger partial charge in [0.05, 0.1) is 6.20 Å². The van der Waals surface area contributed by atoms with Gasteiger partial charge in [-0.25, -0.2) is 4.39 Å². The molecular weight excluding hydrogens is 443 g/mol. The number of halogens is 1. The second-order valence-electron chi connectivity index (χ2n) is 8.90. The van der Waals surface area contributed by atoms with Crippen molar-refractivity contribution in [3.63, 3.8) is 0 Å². The number of carboxylic acids is 1. The summed E-state index contributed by atoms with van der Waals surface area (Å²) in [4.78, 5) is 23.9. The maximum absolute atomic E-state index is 14.8. The monoisotopic (exact) mass is 470 g/mol. The second-order valence-corrected chi connectivity index (χ2v) is 8.90. The highest BCUT2D eigenvalue weighted by atomic mass is 19.1. The fraction of sp³-hybridized carbons (Fsp3) is 0.375. The van der Waals surface area contributed by atoms with Crippen LogP contribution in [0.5, 0.6) is 17.4 Å². The number of nitrogens with zero attached hydrogens (tertiary/aromatic N) is 3. The van der Waals surface area contributed by atoms with Gasteiger partial charge in [-0.2, -0.15) is 5.10 Å². The SMILES string of the molecule is CC(C)C[C@@H](C(=O)Nc1ccn(CC(=O)O)n1)n1cc(Oc2cccc(C3CC3)c2F)cc1O. The number of hydrogen-bond acceptors (Lipinski definition) is 5. The van der Waals surface area contributed by atoms with Gasteiger partial charge in [0.15, 0.2) is 23.3 Å². The third kappa shape index (κ3) is 5.38. The van der Waals surface area contributed by atoms with Crippen LogP contribution in [0.2, 0.25) is 0 Å². The topological polar surface area (TPSA) is 119 Å². The highest BCUT2D eigenvalue weighted by molar-refractivity contribution is 5.93. The molecule has 1 aliphatic carbocycles. The summed E-state index contributed by atoms with van der Waals surface area (Å²) in [6.45, 7) is 3.56. The van der Waals surface area contributed by atoms with Crippen LogP contribution >= 0.6 is 0 Å². The van der Waals surface area contributed by atoms with Gasteiger partial charge in [0.1, 0.15) is 18.3 Å². The van der Waals surface area contributed by atoms with E-state index in [4.69, 9.17) is 9.84 Å². The Balaban J connectivity index is 1.54. The Bertz CT molecular complexity index is 1200. The number of carboxylic acid groups (broad SMARTS) is 1. The van der Waals surface area contributed by atoms with Crippen molar-refractivity contribution in [3.05, 3.63) is 54.1 Å². The number of aliphatic carboxylic acids is 1. The first-order valence-electron chi connectivity index (χ1n) is 11.1. The van der Waals surface area contributed by atoms with Gasteiger partial charge < -0.3 is 24.8 Å². The van der Waals surface area contributed by atoms with Gasteiger partial charge in [-0.15, -0.1) is 0 Å². The summed E-state index contributed by atoms with van der Waals surface area (Å²) in [7, 11) is 0. The van der Waals surface area contributed by atoms with Crippen LogP contribution in [0, 0.1) is 11.7 Å². The highest BCUT2D eigenvalue weighted by Crippen LogP contribution is 2.43. The summed E-state index contributed by atoms with van der Waals surface area (Å²) in [6.07, 6.45) is 5.23. The first-order chi connectivity index (χ1) is 16.2. The molecule has 3 N–H and O–H groups in total. The van der Waals surface area contributed by atoms with Crippen molar-refractivity contribution < 1.29 is 28.9 Å². The van der Waals surface area contributed by atoms with Crippen molar-refractivity contribution in [2.45, 2.75) is 51.6 Å². The van der Waals surface area contributed by atoms with Crippen LogP contribution in [-0.4, -0.2) is 36.4 Å². The van der Waals surface area contributed by atoms with E-state index in [9.17, 15) is 19.1 Å². The first-order valence-corrected chi connectivity index (χ1v) is 11.1. The van der Waals surface area contributed by atoms with E-state index < -0.39 is 23.7 Å². The minimum absolute atomic E-state index is 0.0652. The standard InChI is InChI=1S/C24H27FN4O5/c1-14(2)10-18(24(33)26-20-8-9-28(27-20)13-22(31)32)29-12-16(11-21(29)30)34-19-5-3-4-17(23(19)25)15-6-7-15/h3-5,8-9,11-12,14-15,18,30H,6-7,10,13H2,1-2H3,(H,31,32)(H,26,27,33)/t18-/m0/s1. The number of aromatic nitrogens is 3.